The summed E-state index contributed by atoms with van der Waals surface area (Å²) in [7, 11) is 0. The molecular weight excluding hydrogens is 262 g/mol. The molecule has 0 saturated heterocycles. The highest BCUT2D eigenvalue weighted by molar-refractivity contribution is 7.99. The predicted octanol–water partition coefficient (Wildman–Crippen LogP) is 4.83. The zero-order valence-corrected chi connectivity index (χ0v) is 13.1. The third-order valence-electron chi connectivity index (χ3n) is 2.86. The topological polar surface area (TPSA) is 26.0 Å². The fourth-order valence-corrected chi connectivity index (χ4v) is 3.22. The fraction of sp³-hybridized carbons (Fsp3) is 0.600. The summed E-state index contributed by atoms with van der Waals surface area (Å²) in [4.78, 5) is 1.24. The minimum Gasteiger partial charge on any atom is -0.327 e. The van der Waals surface area contributed by atoms with E-state index in [1.807, 2.05) is 23.9 Å². The van der Waals surface area contributed by atoms with Gasteiger partial charge >= 0.3 is 0 Å². The number of benzene rings is 1. The summed E-state index contributed by atoms with van der Waals surface area (Å²) in [6.45, 7) is 6.84. The van der Waals surface area contributed by atoms with Gasteiger partial charge in [-0.1, -0.05) is 32.4 Å². The normalized spacial score (nSPS) is 14.8. The van der Waals surface area contributed by atoms with Crippen molar-refractivity contribution in [2.75, 3.05) is 5.75 Å². The highest BCUT2D eigenvalue weighted by atomic mass is 35.5. The van der Waals surface area contributed by atoms with Gasteiger partial charge < -0.3 is 5.73 Å². The molecule has 0 heterocycles. The van der Waals surface area contributed by atoms with Gasteiger partial charge in [0.05, 0.1) is 0 Å². The first kappa shape index (κ1) is 15.9. The second-order valence-electron chi connectivity index (χ2n) is 5.50. The Balaban J connectivity index is 2.28. The van der Waals surface area contributed by atoms with Gasteiger partial charge in [-0.25, -0.2) is 0 Å². The highest BCUT2D eigenvalue weighted by Gasteiger charge is 2.11. The van der Waals surface area contributed by atoms with Gasteiger partial charge in [-0.05, 0) is 48.9 Å². The number of rotatable bonds is 7. The summed E-state index contributed by atoms with van der Waals surface area (Å²) >= 11 is 7.67. The number of hydrogen-bond donors (Lipinski definition) is 1. The van der Waals surface area contributed by atoms with Crippen molar-refractivity contribution in [1.82, 2.24) is 0 Å². The molecule has 2 unspecified atom stereocenters. The van der Waals surface area contributed by atoms with Crippen molar-refractivity contribution in [1.29, 1.82) is 0 Å². The molecule has 0 fully saturated rings. The Bertz CT molecular complexity index is 337. The van der Waals surface area contributed by atoms with Crippen LogP contribution in [-0.2, 0) is 0 Å². The Morgan fingerprint density at radius 3 is 2.28 bits per heavy atom. The zero-order valence-electron chi connectivity index (χ0n) is 11.5. The van der Waals surface area contributed by atoms with Crippen LogP contribution in [0.15, 0.2) is 29.2 Å². The Hall–Kier alpha value is -0.180. The van der Waals surface area contributed by atoms with Crippen molar-refractivity contribution in [3.63, 3.8) is 0 Å². The summed E-state index contributed by atoms with van der Waals surface area (Å²) < 4.78 is 0. The largest absolute Gasteiger partial charge is 0.327 e. The summed E-state index contributed by atoms with van der Waals surface area (Å²) in [5.41, 5.74) is 6.18. The van der Waals surface area contributed by atoms with Crippen LogP contribution in [0.3, 0.4) is 0 Å². The lowest BCUT2D eigenvalue weighted by atomic mass is 9.93. The van der Waals surface area contributed by atoms with Gasteiger partial charge in [0.25, 0.3) is 0 Å². The average Bonchev–Trinajstić information content (AvgIpc) is 2.27. The molecular formula is C15H24ClNS. The molecule has 18 heavy (non-hydrogen) atoms. The molecule has 0 aromatic heterocycles. The van der Waals surface area contributed by atoms with Crippen LogP contribution in [0, 0.1) is 11.8 Å². The van der Waals surface area contributed by atoms with Crippen molar-refractivity contribution >= 4 is 23.4 Å². The second-order valence-corrected chi connectivity index (χ2v) is 7.03. The molecule has 0 bridgehead atoms. The first-order chi connectivity index (χ1) is 8.47. The summed E-state index contributed by atoms with van der Waals surface area (Å²) in [6, 6.07) is 8.24. The molecule has 2 N–H and O–H groups in total. The lowest BCUT2D eigenvalue weighted by Crippen LogP contribution is -2.25. The second kappa shape index (κ2) is 8.08. The van der Waals surface area contributed by atoms with Gasteiger partial charge in [-0.15, -0.1) is 11.8 Å². The molecule has 102 valence electrons. The van der Waals surface area contributed by atoms with E-state index in [0.29, 0.717) is 5.92 Å². The molecule has 0 aliphatic carbocycles. The van der Waals surface area contributed by atoms with Crippen LogP contribution in [0.1, 0.15) is 33.6 Å². The number of nitrogens with two attached hydrogens (primary N) is 1. The molecule has 1 aromatic rings. The highest BCUT2D eigenvalue weighted by Crippen LogP contribution is 2.23. The van der Waals surface area contributed by atoms with Crippen molar-refractivity contribution in [3.05, 3.63) is 29.3 Å². The van der Waals surface area contributed by atoms with Gasteiger partial charge in [0.2, 0.25) is 0 Å². The standard InChI is InChI=1S/C15H24ClNS/c1-11(2)8-12(3)9-14(17)10-18-15-6-4-13(16)5-7-15/h4-7,11-12,14H,8-10,17H2,1-3H3. The predicted molar refractivity (Wildman–Crippen MR) is 83.4 cm³/mol. The van der Waals surface area contributed by atoms with E-state index in [1.54, 1.807) is 0 Å². The van der Waals surface area contributed by atoms with Crippen molar-refractivity contribution in [2.45, 2.75) is 44.6 Å². The maximum Gasteiger partial charge on any atom is 0.0406 e. The molecule has 0 amide bonds. The van der Waals surface area contributed by atoms with Crippen molar-refractivity contribution in [3.8, 4) is 0 Å². The SMILES string of the molecule is CC(C)CC(C)CC(N)CSc1ccc(Cl)cc1. The summed E-state index contributed by atoms with van der Waals surface area (Å²) in [5, 5.41) is 0.786. The van der Waals surface area contributed by atoms with Crippen LogP contribution < -0.4 is 5.73 Å². The van der Waals surface area contributed by atoms with E-state index in [1.165, 1.54) is 11.3 Å². The first-order valence-corrected chi connectivity index (χ1v) is 7.97. The third-order valence-corrected chi connectivity index (χ3v) is 4.31. The van der Waals surface area contributed by atoms with Crippen LogP contribution in [0.4, 0.5) is 0 Å². The Labute approximate surface area is 120 Å². The van der Waals surface area contributed by atoms with Crippen LogP contribution in [0.5, 0.6) is 0 Å². The number of hydrogen-bond acceptors (Lipinski definition) is 2. The van der Waals surface area contributed by atoms with Gasteiger partial charge in [-0.2, -0.15) is 0 Å². The number of thioether (sulfide) groups is 1. The quantitative estimate of drug-likeness (QED) is 0.726. The molecule has 3 heteroatoms. The molecule has 0 aliphatic heterocycles. The Kier molecular flexibility index (Phi) is 7.13. The minimum atomic E-state index is 0.277. The number of halogens is 1. The van der Waals surface area contributed by atoms with Gasteiger partial charge in [-0.3, -0.25) is 0 Å². The third kappa shape index (κ3) is 6.67. The summed E-state index contributed by atoms with van der Waals surface area (Å²) in [5.74, 6) is 2.45. The van der Waals surface area contributed by atoms with E-state index < -0.39 is 0 Å². The van der Waals surface area contributed by atoms with E-state index in [4.69, 9.17) is 17.3 Å². The van der Waals surface area contributed by atoms with E-state index in [2.05, 4.69) is 32.9 Å². The van der Waals surface area contributed by atoms with E-state index >= 15 is 0 Å². The monoisotopic (exact) mass is 285 g/mol. The maximum atomic E-state index is 6.18. The smallest absolute Gasteiger partial charge is 0.0406 e. The van der Waals surface area contributed by atoms with E-state index in [9.17, 15) is 0 Å². The molecule has 2 atom stereocenters. The lowest BCUT2D eigenvalue weighted by Gasteiger charge is -2.18. The average molecular weight is 286 g/mol. The minimum absolute atomic E-state index is 0.277. The Morgan fingerprint density at radius 2 is 1.72 bits per heavy atom. The molecule has 1 nitrogen and oxygen atoms in total. The molecule has 0 saturated carbocycles. The molecule has 0 aliphatic rings. The van der Waals surface area contributed by atoms with Gasteiger partial charge in [0.15, 0.2) is 0 Å². The van der Waals surface area contributed by atoms with Gasteiger partial charge in [0.1, 0.15) is 0 Å². The first-order valence-electron chi connectivity index (χ1n) is 6.61. The fourth-order valence-electron chi connectivity index (χ4n) is 2.22. The summed E-state index contributed by atoms with van der Waals surface area (Å²) in [6.07, 6.45) is 2.37. The molecule has 0 spiro atoms. The van der Waals surface area contributed by atoms with E-state index in [-0.39, 0.29) is 6.04 Å². The molecule has 1 aromatic carbocycles. The molecule has 0 radical (unpaired) electrons. The molecule has 1 rings (SSSR count). The van der Waals surface area contributed by atoms with Crippen molar-refractivity contribution in [2.24, 2.45) is 17.6 Å². The maximum absolute atomic E-state index is 6.18. The van der Waals surface area contributed by atoms with E-state index in [0.717, 1.165) is 23.1 Å². The zero-order chi connectivity index (χ0) is 13.5. The van der Waals surface area contributed by atoms with Crippen LogP contribution in [-0.4, -0.2) is 11.8 Å². The van der Waals surface area contributed by atoms with Crippen LogP contribution >= 0.6 is 23.4 Å². The van der Waals surface area contributed by atoms with Gasteiger partial charge in [0, 0.05) is 21.7 Å². The van der Waals surface area contributed by atoms with Crippen LogP contribution in [0.2, 0.25) is 5.02 Å². The van der Waals surface area contributed by atoms with Crippen molar-refractivity contribution < 1.29 is 0 Å². The van der Waals surface area contributed by atoms with Crippen LogP contribution in [0.25, 0.3) is 0 Å². The lowest BCUT2D eigenvalue weighted by molar-refractivity contribution is 0.394. The Morgan fingerprint density at radius 1 is 1.11 bits per heavy atom.